The van der Waals surface area contributed by atoms with Crippen molar-refractivity contribution in [2.75, 3.05) is 11.9 Å². The molecule has 0 aliphatic heterocycles. The Morgan fingerprint density at radius 2 is 1.80 bits per heavy atom. The molecule has 30 heavy (non-hydrogen) atoms. The number of nitrogens with one attached hydrogen (secondary N) is 2. The molecule has 0 spiro atoms. The van der Waals surface area contributed by atoms with E-state index in [1.54, 1.807) is 0 Å². The number of aromatic nitrogens is 1. The first kappa shape index (κ1) is 21.6. The quantitative estimate of drug-likeness (QED) is 0.567. The van der Waals surface area contributed by atoms with Gasteiger partial charge in [-0.05, 0) is 43.5 Å². The molecule has 0 saturated carbocycles. The Hall–Kier alpha value is -3.07. The van der Waals surface area contributed by atoms with Crippen LogP contribution in [0.15, 0.2) is 54.6 Å². The van der Waals surface area contributed by atoms with Crippen LogP contribution in [-0.2, 0) is 11.3 Å². The van der Waals surface area contributed by atoms with Gasteiger partial charge in [0, 0.05) is 23.3 Å². The van der Waals surface area contributed by atoms with Crippen LogP contribution in [0.25, 0.3) is 0 Å². The number of amides is 1. The molecule has 1 atom stereocenters. The molecule has 0 fully saturated rings. The second-order valence-electron chi connectivity index (χ2n) is 7.29. The highest BCUT2D eigenvalue weighted by Crippen LogP contribution is 2.27. The van der Waals surface area contributed by atoms with Crippen molar-refractivity contribution in [3.05, 3.63) is 87.6 Å². The number of nitrogens with zero attached hydrogens (tertiary/aromatic N) is 2. The number of carbonyl (C=O) groups is 1. The highest BCUT2D eigenvalue weighted by Gasteiger charge is 2.20. The van der Waals surface area contributed by atoms with Crippen LogP contribution in [0, 0.1) is 25.2 Å². The molecule has 3 rings (SSSR count). The van der Waals surface area contributed by atoms with E-state index >= 15 is 0 Å². The third kappa shape index (κ3) is 4.73. The van der Waals surface area contributed by atoms with Crippen molar-refractivity contribution in [3.8, 4) is 6.07 Å². The van der Waals surface area contributed by atoms with Gasteiger partial charge in [0.25, 0.3) is 0 Å². The van der Waals surface area contributed by atoms with Crippen LogP contribution in [0.2, 0.25) is 5.02 Å². The molecule has 0 aliphatic carbocycles. The topological polar surface area (TPSA) is 69.8 Å². The average molecular weight is 421 g/mol. The molecular weight excluding hydrogens is 396 g/mol. The van der Waals surface area contributed by atoms with Gasteiger partial charge in [-0.25, -0.2) is 0 Å². The number of hydrogen-bond acceptors (Lipinski definition) is 3. The largest absolute Gasteiger partial charge is 0.326 e. The van der Waals surface area contributed by atoms with Crippen molar-refractivity contribution in [1.29, 1.82) is 5.26 Å². The molecule has 1 amide bonds. The normalized spacial score (nSPS) is 11.7. The maximum absolute atomic E-state index is 12.7. The van der Waals surface area contributed by atoms with E-state index in [2.05, 4.69) is 16.7 Å². The van der Waals surface area contributed by atoms with Crippen molar-refractivity contribution in [3.63, 3.8) is 0 Å². The van der Waals surface area contributed by atoms with Crippen molar-refractivity contribution >= 4 is 23.3 Å². The summed E-state index contributed by atoms with van der Waals surface area (Å²) in [7, 11) is 0. The second kappa shape index (κ2) is 9.62. The Morgan fingerprint density at radius 3 is 2.47 bits per heavy atom. The van der Waals surface area contributed by atoms with E-state index < -0.39 is 0 Å². The number of nitriles is 1. The fraction of sp³-hybridized carbons (Fsp3) is 0.250. The van der Waals surface area contributed by atoms with Crippen LogP contribution < -0.4 is 10.6 Å². The summed E-state index contributed by atoms with van der Waals surface area (Å²) in [4.78, 5) is 12.7. The molecule has 5 nitrogen and oxygen atoms in total. The van der Waals surface area contributed by atoms with Crippen LogP contribution in [0.1, 0.15) is 40.9 Å². The number of rotatable bonds is 7. The Labute approximate surface area is 182 Å². The van der Waals surface area contributed by atoms with Crippen molar-refractivity contribution in [2.24, 2.45) is 0 Å². The van der Waals surface area contributed by atoms with Crippen LogP contribution >= 0.6 is 11.6 Å². The lowest BCUT2D eigenvalue weighted by molar-refractivity contribution is -0.115. The van der Waals surface area contributed by atoms with E-state index in [-0.39, 0.29) is 18.5 Å². The third-order valence-corrected chi connectivity index (χ3v) is 5.67. The van der Waals surface area contributed by atoms with Gasteiger partial charge in [-0.2, -0.15) is 5.26 Å². The van der Waals surface area contributed by atoms with Crippen molar-refractivity contribution in [2.45, 2.75) is 33.4 Å². The van der Waals surface area contributed by atoms with E-state index in [0.717, 1.165) is 22.4 Å². The van der Waals surface area contributed by atoms with Gasteiger partial charge in [0.15, 0.2) is 0 Å². The SMILES string of the molecule is Cc1c(C#N)c(NC(=O)CNC(C)c2ccccc2Cl)n(Cc2ccccc2)c1C. The fourth-order valence-corrected chi connectivity index (χ4v) is 3.75. The van der Waals surface area contributed by atoms with Crippen LogP contribution in [0.5, 0.6) is 0 Å². The summed E-state index contributed by atoms with van der Waals surface area (Å²) in [5.41, 5.74) is 4.37. The van der Waals surface area contributed by atoms with Crippen LogP contribution in [0.3, 0.4) is 0 Å². The molecule has 1 unspecified atom stereocenters. The minimum atomic E-state index is -0.211. The fourth-order valence-electron chi connectivity index (χ4n) is 3.45. The summed E-state index contributed by atoms with van der Waals surface area (Å²) in [6.45, 7) is 6.51. The lowest BCUT2D eigenvalue weighted by Gasteiger charge is -2.17. The molecule has 0 radical (unpaired) electrons. The summed E-state index contributed by atoms with van der Waals surface area (Å²) < 4.78 is 1.98. The standard InChI is InChI=1S/C24H25ClN4O/c1-16-18(3)29(15-19-9-5-4-6-10-19)24(21(16)13-26)28-23(30)14-27-17(2)20-11-7-8-12-22(20)25/h4-12,17,27H,14-15H2,1-3H3,(H,28,30). The lowest BCUT2D eigenvalue weighted by Crippen LogP contribution is -2.31. The summed E-state index contributed by atoms with van der Waals surface area (Å²) >= 11 is 6.24. The van der Waals surface area contributed by atoms with Crippen molar-refractivity contribution in [1.82, 2.24) is 9.88 Å². The lowest BCUT2D eigenvalue weighted by atomic mass is 10.1. The van der Waals surface area contributed by atoms with Crippen molar-refractivity contribution < 1.29 is 4.79 Å². The minimum Gasteiger partial charge on any atom is -0.326 e. The monoisotopic (exact) mass is 420 g/mol. The second-order valence-corrected chi connectivity index (χ2v) is 7.70. The van der Waals surface area contributed by atoms with Gasteiger partial charge in [-0.15, -0.1) is 0 Å². The minimum absolute atomic E-state index is 0.0838. The van der Waals surface area contributed by atoms with Gasteiger partial charge in [0.05, 0.1) is 12.1 Å². The Kier molecular flexibility index (Phi) is 6.94. The number of benzene rings is 2. The first-order valence-electron chi connectivity index (χ1n) is 9.83. The van der Waals surface area contributed by atoms with Gasteiger partial charge < -0.3 is 15.2 Å². The summed E-state index contributed by atoms with van der Waals surface area (Å²) in [5.74, 6) is 0.325. The molecule has 2 N–H and O–H groups in total. The van der Waals surface area contributed by atoms with E-state index in [0.29, 0.717) is 22.9 Å². The highest BCUT2D eigenvalue weighted by molar-refractivity contribution is 6.31. The molecule has 6 heteroatoms. The van der Waals surface area contributed by atoms with Gasteiger partial charge in [0.1, 0.15) is 11.9 Å². The summed E-state index contributed by atoms with van der Waals surface area (Å²) in [6.07, 6.45) is 0. The zero-order valence-electron chi connectivity index (χ0n) is 17.4. The Morgan fingerprint density at radius 1 is 1.13 bits per heavy atom. The number of anilines is 1. The maximum atomic E-state index is 12.7. The average Bonchev–Trinajstić information content (AvgIpc) is 2.97. The first-order chi connectivity index (χ1) is 14.4. The van der Waals surface area contributed by atoms with Gasteiger partial charge in [0.2, 0.25) is 5.91 Å². The van der Waals surface area contributed by atoms with E-state index in [1.165, 1.54) is 0 Å². The molecule has 0 bridgehead atoms. The highest BCUT2D eigenvalue weighted by atomic mass is 35.5. The molecule has 3 aromatic rings. The molecule has 1 heterocycles. The predicted molar refractivity (Wildman–Crippen MR) is 121 cm³/mol. The Balaban J connectivity index is 1.76. The Bertz CT molecular complexity index is 1080. The van der Waals surface area contributed by atoms with Gasteiger partial charge in [-0.3, -0.25) is 4.79 Å². The first-order valence-corrected chi connectivity index (χ1v) is 10.2. The zero-order chi connectivity index (χ0) is 21.7. The van der Waals surface area contributed by atoms with Crippen LogP contribution in [0.4, 0.5) is 5.82 Å². The van der Waals surface area contributed by atoms with Gasteiger partial charge in [-0.1, -0.05) is 60.1 Å². The molecule has 0 saturated heterocycles. The zero-order valence-corrected chi connectivity index (χ0v) is 18.1. The van der Waals surface area contributed by atoms with E-state index in [1.807, 2.05) is 79.9 Å². The smallest absolute Gasteiger partial charge is 0.239 e. The molecule has 0 aliphatic rings. The number of carbonyl (C=O) groups excluding carboxylic acids is 1. The molecular formula is C24H25ClN4O. The third-order valence-electron chi connectivity index (χ3n) is 5.32. The van der Waals surface area contributed by atoms with E-state index in [9.17, 15) is 10.1 Å². The molecule has 2 aromatic carbocycles. The van der Waals surface area contributed by atoms with E-state index in [4.69, 9.17) is 11.6 Å². The molecule has 1 aromatic heterocycles. The predicted octanol–water partition coefficient (Wildman–Crippen LogP) is 4.97. The number of halogens is 1. The number of hydrogen-bond donors (Lipinski definition) is 2. The molecule has 154 valence electrons. The van der Waals surface area contributed by atoms with Gasteiger partial charge >= 0.3 is 0 Å². The maximum Gasteiger partial charge on any atom is 0.239 e. The summed E-state index contributed by atoms with van der Waals surface area (Å²) in [5, 5.41) is 16.5. The summed E-state index contributed by atoms with van der Waals surface area (Å²) in [6, 6.07) is 19.7. The van der Waals surface area contributed by atoms with Crippen LogP contribution in [-0.4, -0.2) is 17.0 Å².